The highest BCUT2D eigenvalue weighted by Gasteiger charge is 2.58. The Bertz CT molecular complexity index is 478. The highest BCUT2D eigenvalue weighted by Crippen LogP contribution is 2.43. The number of fused-ring (bicyclic) bond motifs is 1. The van der Waals surface area contributed by atoms with Gasteiger partial charge < -0.3 is 19.3 Å². The summed E-state index contributed by atoms with van der Waals surface area (Å²) in [6.07, 6.45) is -1.17. The quantitative estimate of drug-likeness (QED) is 0.619. The van der Waals surface area contributed by atoms with Crippen molar-refractivity contribution in [1.82, 2.24) is 0 Å². The minimum atomic E-state index is -0.603. The molecule has 0 radical (unpaired) electrons. The maximum atomic E-state index is 10.5. The van der Waals surface area contributed by atoms with Gasteiger partial charge in [-0.05, 0) is 19.4 Å². The predicted octanol–water partition coefficient (Wildman–Crippen LogP) is 2.52. The first-order valence-electron chi connectivity index (χ1n) is 7.27. The first-order chi connectivity index (χ1) is 10.0. The van der Waals surface area contributed by atoms with Crippen LogP contribution in [0.2, 0.25) is 0 Å². The largest absolute Gasteiger partial charge is 0.390 e. The topological polar surface area (TPSA) is 47.9 Å². The van der Waals surface area contributed by atoms with E-state index >= 15 is 0 Å². The Labute approximate surface area is 138 Å². The lowest BCUT2D eigenvalue weighted by Crippen LogP contribution is -2.38. The standard InChI is InChI=1S/C16H21IO4/c1-16(2)20-13-11(8-17)12(18)14(15(13)21-16)19-9-10-6-4-3-5-7-10/h3-7,11-15,18H,8-9H2,1-2H3/t11-,12+,13-,14-,15-/m0/s1. The molecular weight excluding hydrogens is 383 g/mol. The fourth-order valence-corrected chi connectivity index (χ4v) is 4.20. The minimum Gasteiger partial charge on any atom is -0.390 e. The van der Waals surface area contributed by atoms with Gasteiger partial charge in [-0.2, -0.15) is 0 Å². The van der Waals surface area contributed by atoms with Crippen LogP contribution in [0.15, 0.2) is 30.3 Å². The summed E-state index contributed by atoms with van der Waals surface area (Å²) < 4.78 is 18.7. The highest BCUT2D eigenvalue weighted by molar-refractivity contribution is 14.1. The van der Waals surface area contributed by atoms with Gasteiger partial charge in [-0.25, -0.2) is 0 Å². The van der Waals surface area contributed by atoms with Crippen LogP contribution in [0.25, 0.3) is 0 Å². The van der Waals surface area contributed by atoms with Crippen molar-refractivity contribution in [2.75, 3.05) is 4.43 Å². The molecule has 2 fully saturated rings. The molecule has 1 saturated carbocycles. The van der Waals surface area contributed by atoms with Crippen molar-refractivity contribution < 1.29 is 19.3 Å². The fraction of sp³-hybridized carbons (Fsp3) is 0.625. The van der Waals surface area contributed by atoms with Crippen LogP contribution in [0.5, 0.6) is 0 Å². The molecule has 1 aromatic rings. The SMILES string of the molecule is CC1(C)O[C@@H]2[C@@H](OCc3ccccc3)[C@H](O)[C@H](CI)[C@@H]2O1. The lowest BCUT2D eigenvalue weighted by Gasteiger charge is -2.26. The molecule has 0 aromatic heterocycles. The van der Waals surface area contributed by atoms with Gasteiger partial charge in [0, 0.05) is 10.3 Å². The summed E-state index contributed by atoms with van der Waals surface area (Å²) in [6.45, 7) is 4.30. The van der Waals surface area contributed by atoms with Crippen molar-refractivity contribution in [3.63, 3.8) is 0 Å². The molecule has 21 heavy (non-hydrogen) atoms. The Balaban J connectivity index is 1.71. The Morgan fingerprint density at radius 3 is 2.52 bits per heavy atom. The average molecular weight is 404 g/mol. The molecule has 0 bridgehead atoms. The third kappa shape index (κ3) is 3.12. The van der Waals surface area contributed by atoms with Gasteiger partial charge in [-0.15, -0.1) is 0 Å². The van der Waals surface area contributed by atoms with Crippen LogP contribution in [-0.2, 0) is 20.8 Å². The predicted molar refractivity (Wildman–Crippen MR) is 87.2 cm³/mol. The second-order valence-electron chi connectivity index (χ2n) is 6.13. The Morgan fingerprint density at radius 2 is 1.86 bits per heavy atom. The zero-order chi connectivity index (χ0) is 15.0. The molecule has 1 N–H and O–H groups in total. The Morgan fingerprint density at radius 1 is 1.19 bits per heavy atom. The third-order valence-electron chi connectivity index (χ3n) is 4.15. The van der Waals surface area contributed by atoms with Crippen LogP contribution in [0.1, 0.15) is 19.4 Å². The highest BCUT2D eigenvalue weighted by atomic mass is 127. The van der Waals surface area contributed by atoms with E-state index in [2.05, 4.69) is 22.6 Å². The summed E-state index contributed by atoms with van der Waals surface area (Å²) in [4.78, 5) is 0. The summed E-state index contributed by atoms with van der Waals surface area (Å²) in [6, 6.07) is 9.98. The first kappa shape index (κ1) is 15.7. The van der Waals surface area contributed by atoms with E-state index < -0.39 is 11.9 Å². The number of hydrogen-bond donors (Lipinski definition) is 1. The third-order valence-corrected chi connectivity index (χ3v) is 5.17. The van der Waals surface area contributed by atoms with E-state index in [1.807, 2.05) is 44.2 Å². The van der Waals surface area contributed by atoms with Gasteiger partial charge in [-0.3, -0.25) is 0 Å². The van der Waals surface area contributed by atoms with Crippen LogP contribution < -0.4 is 0 Å². The van der Waals surface area contributed by atoms with Gasteiger partial charge in [0.15, 0.2) is 5.79 Å². The lowest BCUT2D eigenvalue weighted by atomic mass is 10.1. The molecule has 1 heterocycles. The lowest BCUT2D eigenvalue weighted by molar-refractivity contribution is -0.187. The van der Waals surface area contributed by atoms with Crippen LogP contribution in [0.4, 0.5) is 0 Å². The van der Waals surface area contributed by atoms with E-state index in [1.165, 1.54) is 0 Å². The second-order valence-corrected chi connectivity index (χ2v) is 7.02. The Hall–Kier alpha value is -0.210. The number of rotatable bonds is 4. The molecular formula is C16H21IO4. The van der Waals surface area contributed by atoms with Crippen molar-refractivity contribution >= 4 is 22.6 Å². The summed E-state index contributed by atoms with van der Waals surface area (Å²) in [5.74, 6) is -0.549. The van der Waals surface area contributed by atoms with Crippen molar-refractivity contribution in [2.24, 2.45) is 5.92 Å². The molecule has 1 saturated heterocycles. The molecule has 4 nitrogen and oxygen atoms in total. The molecule has 1 aromatic carbocycles. The summed E-state index contributed by atoms with van der Waals surface area (Å²) in [5.41, 5.74) is 1.09. The molecule has 5 atom stereocenters. The van der Waals surface area contributed by atoms with Gasteiger partial charge in [-0.1, -0.05) is 52.9 Å². The molecule has 1 aliphatic heterocycles. The Kier molecular flexibility index (Phi) is 4.57. The summed E-state index contributed by atoms with van der Waals surface area (Å²) in [5, 5.41) is 10.5. The number of benzene rings is 1. The van der Waals surface area contributed by atoms with Crippen LogP contribution in [0.3, 0.4) is 0 Å². The van der Waals surface area contributed by atoms with Crippen molar-refractivity contribution in [3.05, 3.63) is 35.9 Å². The van der Waals surface area contributed by atoms with Crippen LogP contribution in [0, 0.1) is 5.92 Å². The molecule has 0 unspecified atom stereocenters. The molecule has 1 aliphatic carbocycles. The van der Waals surface area contributed by atoms with Gasteiger partial charge in [0.1, 0.15) is 12.2 Å². The van der Waals surface area contributed by atoms with E-state index in [0.717, 1.165) is 9.99 Å². The van der Waals surface area contributed by atoms with Crippen molar-refractivity contribution in [3.8, 4) is 0 Å². The van der Waals surface area contributed by atoms with Gasteiger partial charge in [0.05, 0.1) is 18.8 Å². The molecule has 116 valence electrons. The normalized spacial score (nSPS) is 37.6. The van der Waals surface area contributed by atoms with E-state index in [9.17, 15) is 5.11 Å². The van der Waals surface area contributed by atoms with Gasteiger partial charge in [0.25, 0.3) is 0 Å². The summed E-state index contributed by atoms with van der Waals surface area (Å²) >= 11 is 2.29. The smallest absolute Gasteiger partial charge is 0.163 e. The summed E-state index contributed by atoms with van der Waals surface area (Å²) in [7, 11) is 0. The minimum absolute atomic E-state index is 0.0538. The van der Waals surface area contributed by atoms with Crippen LogP contribution in [-0.4, -0.2) is 39.7 Å². The zero-order valence-corrected chi connectivity index (χ0v) is 14.4. The number of alkyl halides is 1. The first-order valence-corrected chi connectivity index (χ1v) is 8.79. The van der Waals surface area contributed by atoms with E-state index in [-0.39, 0.29) is 24.2 Å². The maximum absolute atomic E-state index is 10.5. The van der Waals surface area contributed by atoms with Crippen LogP contribution >= 0.6 is 22.6 Å². The van der Waals surface area contributed by atoms with Gasteiger partial charge >= 0.3 is 0 Å². The van der Waals surface area contributed by atoms with Crippen molar-refractivity contribution in [1.29, 1.82) is 0 Å². The molecule has 0 amide bonds. The monoisotopic (exact) mass is 404 g/mol. The average Bonchev–Trinajstić information content (AvgIpc) is 2.87. The number of halogens is 1. The van der Waals surface area contributed by atoms with Crippen molar-refractivity contribution in [2.45, 2.75) is 50.7 Å². The second kappa shape index (κ2) is 6.12. The molecule has 3 rings (SSSR count). The molecule has 0 spiro atoms. The van der Waals surface area contributed by atoms with Gasteiger partial charge in [0.2, 0.25) is 0 Å². The number of aliphatic hydroxyl groups is 1. The van der Waals surface area contributed by atoms with E-state index in [0.29, 0.717) is 6.61 Å². The maximum Gasteiger partial charge on any atom is 0.163 e. The number of aliphatic hydroxyl groups excluding tert-OH is 1. The number of ether oxygens (including phenoxy) is 3. The number of hydrogen-bond acceptors (Lipinski definition) is 4. The van der Waals surface area contributed by atoms with E-state index in [4.69, 9.17) is 14.2 Å². The zero-order valence-electron chi connectivity index (χ0n) is 12.2. The van der Waals surface area contributed by atoms with E-state index in [1.54, 1.807) is 0 Å². The molecule has 5 heteroatoms. The molecule has 2 aliphatic rings. The fourth-order valence-electron chi connectivity index (χ4n) is 3.17.